The molecule has 0 bridgehead atoms. The van der Waals surface area contributed by atoms with Crippen molar-refractivity contribution in [2.45, 2.75) is 90.4 Å². The van der Waals surface area contributed by atoms with E-state index in [0.717, 1.165) is 17.9 Å². The average Bonchev–Trinajstić information content (AvgIpc) is 2.62. The molecule has 24 heavy (non-hydrogen) atoms. The summed E-state index contributed by atoms with van der Waals surface area (Å²) in [7, 11) is 0. The molecule has 0 unspecified atom stereocenters. The van der Waals surface area contributed by atoms with E-state index >= 15 is 0 Å². The average molecular weight is 331 g/mol. The Kier molecular flexibility index (Phi) is 13.3. The van der Waals surface area contributed by atoms with Gasteiger partial charge in [0.2, 0.25) is 0 Å². The number of unbranched alkanes of at least 4 members (excludes halogenated alkanes) is 12. The smallest absolute Gasteiger partial charge is 0.119 e. The molecular formula is C23H38O. The minimum Gasteiger partial charge on any atom is -0.494 e. The zero-order valence-electron chi connectivity index (χ0n) is 15.9. The molecule has 0 saturated carbocycles. The molecule has 0 amide bonds. The number of hydrogen-bond acceptors (Lipinski definition) is 1. The maximum absolute atomic E-state index is 5.77. The van der Waals surface area contributed by atoms with Gasteiger partial charge in [-0.3, -0.25) is 0 Å². The largest absolute Gasteiger partial charge is 0.494 e. The summed E-state index contributed by atoms with van der Waals surface area (Å²) in [6.07, 6.45) is 19.9. The van der Waals surface area contributed by atoms with E-state index < -0.39 is 0 Å². The zero-order valence-corrected chi connectivity index (χ0v) is 15.9. The van der Waals surface area contributed by atoms with Crippen LogP contribution in [0.1, 0.15) is 96.0 Å². The normalized spacial score (nSPS) is 10.7. The molecule has 0 atom stereocenters. The summed E-state index contributed by atoms with van der Waals surface area (Å²) in [5, 5.41) is 0. The molecule has 0 fully saturated rings. The fraction of sp³-hybridized carbons (Fsp3) is 0.652. The standard InChI is InChI=1S/C23H38O/c1-3-5-6-7-8-9-10-11-12-13-14-15-16-21-24-23-19-17-22(4-2)18-20-23/h4,17-20H,2-3,5-16,21H2,1H3. The predicted octanol–water partition coefficient (Wildman–Crippen LogP) is 7.80. The molecule has 0 aliphatic carbocycles. The lowest BCUT2D eigenvalue weighted by Gasteiger charge is -2.06. The van der Waals surface area contributed by atoms with Gasteiger partial charge in [0.1, 0.15) is 5.75 Å². The second-order valence-electron chi connectivity index (χ2n) is 6.86. The summed E-state index contributed by atoms with van der Waals surface area (Å²) < 4.78 is 5.77. The lowest BCUT2D eigenvalue weighted by molar-refractivity contribution is 0.304. The van der Waals surface area contributed by atoms with E-state index in [2.05, 4.69) is 13.5 Å². The minimum atomic E-state index is 0.838. The van der Waals surface area contributed by atoms with Crippen LogP contribution in [0.25, 0.3) is 6.08 Å². The Bertz CT molecular complexity index is 393. The van der Waals surface area contributed by atoms with Crippen LogP contribution in [0.3, 0.4) is 0 Å². The lowest BCUT2D eigenvalue weighted by Crippen LogP contribution is -1.97. The molecule has 0 aliphatic heterocycles. The highest BCUT2D eigenvalue weighted by atomic mass is 16.5. The highest BCUT2D eigenvalue weighted by Crippen LogP contribution is 2.15. The second kappa shape index (κ2) is 15.3. The third-order valence-electron chi connectivity index (χ3n) is 4.63. The van der Waals surface area contributed by atoms with Crippen LogP contribution in [0.2, 0.25) is 0 Å². The summed E-state index contributed by atoms with van der Waals surface area (Å²) in [5.41, 5.74) is 1.14. The van der Waals surface area contributed by atoms with Crippen LogP contribution in [-0.4, -0.2) is 6.61 Å². The van der Waals surface area contributed by atoms with Crippen molar-refractivity contribution >= 4 is 6.08 Å². The third-order valence-corrected chi connectivity index (χ3v) is 4.63. The monoisotopic (exact) mass is 330 g/mol. The van der Waals surface area contributed by atoms with Crippen LogP contribution in [0.5, 0.6) is 5.75 Å². The fourth-order valence-electron chi connectivity index (χ4n) is 3.01. The molecule has 0 N–H and O–H groups in total. The summed E-state index contributed by atoms with van der Waals surface area (Å²) in [6.45, 7) is 6.88. The van der Waals surface area contributed by atoms with Gasteiger partial charge in [0.05, 0.1) is 6.61 Å². The van der Waals surface area contributed by atoms with E-state index in [-0.39, 0.29) is 0 Å². The van der Waals surface area contributed by atoms with Crippen molar-refractivity contribution in [3.8, 4) is 5.75 Å². The summed E-state index contributed by atoms with van der Waals surface area (Å²) in [5.74, 6) is 0.972. The van der Waals surface area contributed by atoms with Crippen LogP contribution < -0.4 is 4.74 Å². The first-order chi connectivity index (χ1) is 11.9. The molecule has 1 nitrogen and oxygen atoms in total. The SMILES string of the molecule is C=Cc1ccc(OCCCCCCCCCCCCCCC)cc1. The molecule has 1 heteroatoms. The van der Waals surface area contributed by atoms with E-state index in [9.17, 15) is 0 Å². The molecule has 0 radical (unpaired) electrons. The van der Waals surface area contributed by atoms with Crippen molar-refractivity contribution in [3.05, 3.63) is 36.4 Å². The van der Waals surface area contributed by atoms with Crippen molar-refractivity contribution < 1.29 is 4.74 Å². The van der Waals surface area contributed by atoms with Crippen LogP contribution in [0.15, 0.2) is 30.8 Å². The Morgan fingerprint density at radius 1 is 0.708 bits per heavy atom. The van der Waals surface area contributed by atoms with E-state index in [1.54, 1.807) is 0 Å². The summed E-state index contributed by atoms with van der Waals surface area (Å²) in [6, 6.07) is 8.15. The van der Waals surface area contributed by atoms with Crippen LogP contribution in [-0.2, 0) is 0 Å². The second-order valence-corrected chi connectivity index (χ2v) is 6.86. The highest BCUT2D eigenvalue weighted by molar-refractivity contribution is 5.48. The molecule has 1 rings (SSSR count). The number of ether oxygens (including phenoxy) is 1. The number of benzene rings is 1. The van der Waals surface area contributed by atoms with Crippen molar-refractivity contribution in [2.75, 3.05) is 6.61 Å². The van der Waals surface area contributed by atoms with Gasteiger partial charge >= 0.3 is 0 Å². The molecule has 1 aromatic rings. The molecule has 0 aromatic heterocycles. The van der Waals surface area contributed by atoms with Gasteiger partial charge in [-0.15, -0.1) is 0 Å². The molecule has 136 valence electrons. The number of rotatable bonds is 16. The Hall–Kier alpha value is -1.24. The topological polar surface area (TPSA) is 9.23 Å². The molecule has 0 spiro atoms. The van der Waals surface area contributed by atoms with Gasteiger partial charge in [-0.2, -0.15) is 0 Å². The molecule has 1 aromatic carbocycles. The maximum Gasteiger partial charge on any atom is 0.119 e. The van der Waals surface area contributed by atoms with Gasteiger partial charge in [-0.1, -0.05) is 109 Å². The first kappa shape index (κ1) is 20.8. The quantitative estimate of drug-likeness (QED) is 0.281. The van der Waals surface area contributed by atoms with Gasteiger partial charge in [0.15, 0.2) is 0 Å². The van der Waals surface area contributed by atoms with Gasteiger partial charge in [0, 0.05) is 0 Å². The molecule has 0 saturated heterocycles. The van der Waals surface area contributed by atoms with Crippen LogP contribution in [0.4, 0.5) is 0 Å². The minimum absolute atomic E-state index is 0.838. The summed E-state index contributed by atoms with van der Waals surface area (Å²) in [4.78, 5) is 0. The molecule has 0 heterocycles. The van der Waals surface area contributed by atoms with Gasteiger partial charge in [-0.05, 0) is 24.1 Å². The number of hydrogen-bond donors (Lipinski definition) is 0. The van der Waals surface area contributed by atoms with E-state index in [1.165, 1.54) is 83.5 Å². The first-order valence-electron chi connectivity index (χ1n) is 10.2. The zero-order chi connectivity index (χ0) is 17.3. The Morgan fingerprint density at radius 3 is 1.62 bits per heavy atom. The first-order valence-corrected chi connectivity index (χ1v) is 10.2. The van der Waals surface area contributed by atoms with Gasteiger partial charge in [0.25, 0.3) is 0 Å². The molecule has 0 aliphatic rings. The van der Waals surface area contributed by atoms with Crippen molar-refractivity contribution in [1.82, 2.24) is 0 Å². The van der Waals surface area contributed by atoms with Crippen molar-refractivity contribution in [3.63, 3.8) is 0 Å². The molecular weight excluding hydrogens is 292 g/mol. The van der Waals surface area contributed by atoms with Gasteiger partial charge < -0.3 is 4.74 Å². The Balaban J connectivity index is 1.81. The van der Waals surface area contributed by atoms with Crippen LogP contribution in [0, 0.1) is 0 Å². The van der Waals surface area contributed by atoms with Crippen molar-refractivity contribution in [2.24, 2.45) is 0 Å². The maximum atomic E-state index is 5.77. The van der Waals surface area contributed by atoms with Crippen molar-refractivity contribution in [1.29, 1.82) is 0 Å². The third kappa shape index (κ3) is 11.3. The van der Waals surface area contributed by atoms with Crippen LogP contribution >= 0.6 is 0 Å². The van der Waals surface area contributed by atoms with E-state index in [1.807, 2.05) is 30.3 Å². The fourth-order valence-corrected chi connectivity index (χ4v) is 3.01. The lowest BCUT2D eigenvalue weighted by atomic mass is 10.0. The predicted molar refractivity (Wildman–Crippen MR) is 108 cm³/mol. The van der Waals surface area contributed by atoms with E-state index in [4.69, 9.17) is 4.74 Å². The Morgan fingerprint density at radius 2 is 1.17 bits per heavy atom. The summed E-state index contributed by atoms with van der Waals surface area (Å²) >= 11 is 0. The highest BCUT2D eigenvalue weighted by Gasteiger charge is 1.96. The Labute approximate surface area is 150 Å². The van der Waals surface area contributed by atoms with E-state index in [0.29, 0.717) is 0 Å². The van der Waals surface area contributed by atoms with Gasteiger partial charge in [-0.25, -0.2) is 0 Å².